The van der Waals surface area contributed by atoms with E-state index in [1.54, 1.807) is 25.2 Å². The van der Waals surface area contributed by atoms with Crippen molar-refractivity contribution in [2.45, 2.75) is 13.3 Å². The number of nitrogen functional groups attached to an aromatic ring is 1. The van der Waals surface area contributed by atoms with Crippen molar-refractivity contribution in [3.05, 3.63) is 30.0 Å². The van der Waals surface area contributed by atoms with Crippen molar-refractivity contribution in [1.29, 1.82) is 0 Å². The number of nitrogens with zero attached hydrogens (tertiary/aromatic N) is 1. The Kier molecular flexibility index (Phi) is 4.47. The summed E-state index contributed by atoms with van der Waals surface area (Å²) in [5, 5.41) is 3.62. The molecule has 1 aromatic carbocycles. The van der Waals surface area contributed by atoms with Gasteiger partial charge in [-0.25, -0.2) is 0 Å². The number of anilines is 1. The lowest BCUT2D eigenvalue weighted by atomic mass is 10.2. The van der Waals surface area contributed by atoms with Crippen molar-refractivity contribution in [3.8, 4) is 0 Å². The molecular formula is C15H20N4O2. The minimum Gasteiger partial charge on any atom is -0.399 e. The van der Waals surface area contributed by atoms with E-state index < -0.39 is 0 Å². The third kappa shape index (κ3) is 3.53. The molecule has 0 saturated heterocycles. The molecular weight excluding hydrogens is 268 g/mol. The maximum atomic E-state index is 12.3. The molecule has 0 aliphatic heterocycles. The number of H-pyrrole nitrogens is 1. The van der Waals surface area contributed by atoms with Gasteiger partial charge in [0.05, 0.1) is 6.54 Å². The number of aromatic nitrogens is 1. The van der Waals surface area contributed by atoms with E-state index in [0.29, 0.717) is 17.9 Å². The van der Waals surface area contributed by atoms with E-state index >= 15 is 0 Å². The summed E-state index contributed by atoms with van der Waals surface area (Å²) in [7, 11) is 1.60. The number of rotatable bonds is 5. The second-order valence-electron chi connectivity index (χ2n) is 5.04. The predicted molar refractivity (Wildman–Crippen MR) is 83.0 cm³/mol. The van der Waals surface area contributed by atoms with Crippen LogP contribution in [-0.4, -0.2) is 41.8 Å². The van der Waals surface area contributed by atoms with E-state index in [1.807, 2.05) is 13.0 Å². The number of likely N-dealkylation sites (N-methyl/N-ethyl adjacent to an activating group) is 1. The fraction of sp³-hybridized carbons (Fsp3) is 0.333. The van der Waals surface area contributed by atoms with Gasteiger partial charge in [-0.15, -0.1) is 0 Å². The van der Waals surface area contributed by atoms with Crippen LogP contribution in [0.2, 0.25) is 0 Å². The fourth-order valence-corrected chi connectivity index (χ4v) is 2.08. The molecule has 0 aliphatic carbocycles. The SMILES string of the molecule is CCCNC(=O)CN(C)C(=O)c1cc2cc(N)ccc2[nH]1. The Morgan fingerprint density at radius 2 is 2.10 bits per heavy atom. The van der Waals surface area contributed by atoms with Crippen LogP contribution in [0.3, 0.4) is 0 Å². The van der Waals surface area contributed by atoms with Crippen LogP contribution < -0.4 is 11.1 Å². The van der Waals surface area contributed by atoms with Gasteiger partial charge in [-0.1, -0.05) is 6.92 Å². The van der Waals surface area contributed by atoms with Gasteiger partial charge >= 0.3 is 0 Å². The number of amides is 2. The molecule has 0 saturated carbocycles. The number of nitrogens with one attached hydrogen (secondary N) is 2. The second-order valence-corrected chi connectivity index (χ2v) is 5.04. The highest BCUT2D eigenvalue weighted by atomic mass is 16.2. The monoisotopic (exact) mass is 288 g/mol. The summed E-state index contributed by atoms with van der Waals surface area (Å²) in [6.45, 7) is 2.63. The fourth-order valence-electron chi connectivity index (χ4n) is 2.08. The average Bonchev–Trinajstić information content (AvgIpc) is 2.86. The van der Waals surface area contributed by atoms with Crippen LogP contribution in [0.15, 0.2) is 24.3 Å². The van der Waals surface area contributed by atoms with Gasteiger partial charge in [-0.3, -0.25) is 9.59 Å². The molecule has 0 bridgehead atoms. The molecule has 4 N–H and O–H groups in total. The van der Waals surface area contributed by atoms with Gasteiger partial charge in [-0.05, 0) is 30.7 Å². The van der Waals surface area contributed by atoms with Crippen LogP contribution in [-0.2, 0) is 4.79 Å². The van der Waals surface area contributed by atoms with Crippen LogP contribution in [0.25, 0.3) is 10.9 Å². The van der Waals surface area contributed by atoms with Gasteiger partial charge in [0.1, 0.15) is 5.69 Å². The van der Waals surface area contributed by atoms with Crippen molar-refractivity contribution >= 4 is 28.4 Å². The first-order chi connectivity index (χ1) is 10.0. The van der Waals surface area contributed by atoms with E-state index in [2.05, 4.69) is 10.3 Å². The number of carbonyl (C=O) groups is 2. The van der Waals surface area contributed by atoms with Crippen molar-refractivity contribution in [2.75, 3.05) is 25.9 Å². The van der Waals surface area contributed by atoms with E-state index in [9.17, 15) is 9.59 Å². The molecule has 21 heavy (non-hydrogen) atoms. The number of aromatic amines is 1. The zero-order chi connectivity index (χ0) is 15.4. The lowest BCUT2D eigenvalue weighted by molar-refractivity contribution is -0.121. The maximum absolute atomic E-state index is 12.3. The van der Waals surface area contributed by atoms with E-state index in [-0.39, 0.29) is 18.4 Å². The van der Waals surface area contributed by atoms with Crippen LogP contribution in [0.5, 0.6) is 0 Å². The molecule has 0 radical (unpaired) electrons. The van der Waals surface area contributed by atoms with Crippen LogP contribution >= 0.6 is 0 Å². The molecule has 2 amide bonds. The number of fused-ring (bicyclic) bond motifs is 1. The van der Waals surface area contributed by atoms with Gasteiger partial charge in [0, 0.05) is 30.2 Å². The van der Waals surface area contributed by atoms with Crippen molar-refractivity contribution < 1.29 is 9.59 Å². The van der Waals surface area contributed by atoms with E-state index in [1.165, 1.54) is 4.90 Å². The first-order valence-corrected chi connectivity index (χ1v) is 6.91. The molecule has 2 aromatic rings. The number of hydrogen-bond donors (Lipinski definition) is 3. The van der Waals surface area contributed by atoms with Gasteiger partial charge in [0.2, 0.25) is 5.91 Å². The molecule has 2 rings (SSSR count). The molecule has 6 heteroatoms. The normalized spacial score (nSPS) is 10.6. The van der Waals surface area contributed by atoms with Gasteiger partial charge < -0.3 is 20.9 Å². The van der Waals surface area contributed by atoms with Crippen LogP contribution in [0, 0.1) is 0 Å². The third-order valence-electron chi connectivity index (χ3n) is 3.17. The van der Waals surface area contributed by atoms with Crippen LogP contribution in [0.1, 0.15) is 23.8 Å². The summed E-state index contributed by atoms with van der Waals surface area (Å²) >= 11 is 0. The second kappa shape index (κ2) is 6.30. The van der Waals surface area contributed by atoms with Crippen molar-refractivity contribution in [1.82, 2.24) is 15.2 Å². The quantitative estimate of drug-likeness (QED) is 0.725. The predicted octanol–water partition coefficient (Wildman–Crippen LogP) is 1.35. The Morgan fingerprint density at radius 3 is 2.81 bits per heavy atom. The third-order valence-corrected chi connectivity index (χ3v) is 3.17. The molecule has 0 unspecified atom stereocenters. The lowest BCUT2D eigenvalue weighted by Crippen LogP contribution is -2.38. The first kappa shape index (κ1) is 14.9. The molecule has 0 atom stereocenters. The van der Waals surface area contributed by atoms with Gasteiger partial charge in [-0.2, -0.15) is 0 Å². The zero-order valence-electron chi connectivity index (χ0n) is 12.3. The highest BCUT2D eigenvalue weighted by molar-refractivity contribution is 5.99. The van der Waals surface area contributed by atoms with Crippen LogP contribution in [0.4, 0.5) is 5.69 Å². The molecule has 1 aromatic heterocycles. The zero-order valence-corrected chi connectivity index (χ0v) is 12.3. The minimum atomic E-state index is -0.226. The van der Waals surface area contributed by atoms with E-state index in [0.717, 1.165) is 17.3 Å². The van der Waals surface area contributed by atoms with E-state index in [4.69, 9.17) is 5.73 Å². The minimum absolute atomic E-state index is 0.0380. The summed E-state index contributed by atoms with van der Waals surface area (Å²) in [6, 6.07) is 7.15. The summed E-state index contributed by atoms with van der Waals surface area (Å²) in [4.78, 5) is 28.4. The van der Waals surface area contributed by atoms with Gasteiger partial charge in [0.25, 0.3) is 5.91 Å². The topological polar surface area (TPSA) is 91.2 Å². The Hall–Kier alpha value is -2.50. The summed E-state index contributed by atoms with van der Waals surface area (Å²) < 4.78 is 0. The summed E-state index contributed by atoms with van der Waals surface area (Å²) in [5.41, 5.74) is 7.65. The number of hydrogen-bond acceptors (Lipinski definition) is 3. The van der Waals surface area contributed by atoms with Crippen molar-refractivity contribution in [3.63, 3.8) is 0 Å². The average molecular weight is 288 g/mol. The molecule has 0 spiro atoms. The number of carbonyl (C=O) groups excluding carboxylic acids is 2. The largest absolute Gasteiger partial charge is 0.399 e. The lowest BCUT2D eigenvalue weighted by Gasteiger charge is -2.15. The van der Waals surface area contributed by atoms with Crippen molar-refractivity contribution in [2.24, 2.45) is 0 Å². The molecule has 0 fully saturated rings. The van der Waals surface area contributed by atoms with Gasteiger partial charge in [0.15, 0.2) is 0 Å². The smallest absolute Gasteiger partial charge is 0.270 e. The number of benzene rings is 1. The molecule has 6 nitrogen and oxygen atoms in total. The molecule has 112 valence electrons. The Morgan fingerprint density at radius 1 is 1.33 bits per heavy atom. The Bertz CT molecular complexity index is 663. The Balaban J connectivity index is 2.08. The Labute approximate surface area is 123 Å². The summed E-state index contributed by atoms with van der Waals surface area (Å²) in [5.74, 6) is -0.385. The first-order valence-electron chi connectivity index (χ1n) is 6.91. The standard InChI is InChI=1S/C15H20N4O2/c1-3-6-17-14(20)9-19(2)15(21)13-8-10-7-11(16)4-5-12(10)18-13/h4-5,7-8,18H,3,6,9,16H2,1-2H3,(H,17,20). The molecule has 1 heterocycles. The highest BCUT2D eigenvalue weighted by Gasteiger charge is 2.16. The summed E-state index contributed by atoms with van der Waals surface area (Å²) in [6.07, 6.45) is 0.868. The highest BCUT2D eigenvalue weighted by Crippen LogP contribution is 2.19. The molecule has 0 aliphatic rings. The maximum Gasteiger partial charge on any atom is 0.270 e. The number of nitrogens with two attached hydrogens (primary N) is 1.